The predicted molar refractivity (Wildman–Crippen MR) is 90.7 cm³/mol. The molecule has 0 aliphatic rings. The molecule has 0 bridgehead atoms. The van der Waals surface area contributed by atoms with Crippen molar-refractivity contribution in [2.45, 2.75) is 9.79 Å². The van der Waals surface area contributed by atoms with Gasteiger partial charge in [-0.1, -0.05) is 18.2 Å². The molecule has 0 amide bonds. The molecular formula is C16H13FN2O4S2. The van der Waals surface area contributed by atoms with Crippen LogP contribution in [0.3, 0.4) is 0 Å². The van der Waals surface area contributed by atoms with Crippen molar-refractivity contribution in [2.75, 3.05) is 4.72 Å². The number of sulfonamides is 1. The van der Waals surface area contributed by atoms with E-state index in [-0.39, 0.29) is 15.5 Å². The summed E-state index contributed by atoms with van der Waals surface area (Å²) in [5.74, 6) is -0.497. The lowest BCUT2D eigenvalue weighted by atomic mass is 10.3. The van der Waals surface area contributed by atoms with Gasteiger partial charge in [0.25, 0.3) is 20.0 Å². The van der Waals surface area contributed by atoms with E-state index in [4.69, 9.17) is 0 Å². The Bertz CT molecular complexity index is 1090. The summed E-state index contributed by atoms with van der Waals surface area (Å²) in [6.45, 7) is 0. The van der Waals surface area contributed by atoms with Crippen LogP contribution in [0, 0.1) is 5.82 Å². The van der Waals surface area contributed by atoms with Crippen LogP contribution in [0.1, 0.15) is 0 Å². The monoisotopic (exact) mass is 380 g/mol. The van der Waals surface area contributed by atoms with Gasteiger partial charge < -0.3 is 0 Å². The Morgan fingerprint density at radius 3 is 2.08 bits per heavy atom. The number of nitrogens with zero attached hydrogens (tertiary/aromatic N) is 1. The zero-order valence-corrected chi connectivity index (χ0v) is 14.3. The van der Waals surface area contributed by atoms with Crippen LogP contribution in [-0.4, -0.2) is 20.8 Å². The fourth-order valence-corrected chi connectivity index (χ4v) is 4.45. The molecule has 1 aromatic heterocycles. The second kappa shape index (κ2) is 6.34. The minimum absolute atomic E-state index is 0.0426. The Morgan fingerprint density at radius 1 is 0.800 bits per heavy atom. The number of benzene rings is 2. The van der Waals surface area contributed by atoms with E-state index in [1.54, 1.807) is 18.2 Å². The average molecular weight is 380 g/mol. The SMILES string of the molecule is O=S(=O)(Nc1ccc(F)cc1)c1ccn(S(=O)(=O)c2ccccc2)c1. The van der Waals surface area contributed by atoms with Crippen molar-refractivity contribution in [3.63, 3.8) is 0 Å². The third-order valence-electron chi connectivity index (χ3n) is 3.37. The number of hydrogen-bond donors (Lipinski definition) is 1. The normalized spacial score (nSPS) is 12.0. The topological polar surface area (TPSA) is 85.2 Å². The molecule has 0 saturated carbocycles. The summed E-state index contributed by atoms with van der Waals surface area (Å²) in [6.07, 6.45) is 2.16. The Kier molecular flexibility index (Phi) is 4.36. The zero-order valence-electron chi connectivity index (χ0n) is 12.7. The van der Waals surface area contributed by atoms with Crippen molar-refractivity contribution in [2.24, 2.45) is 0 Å². The molecule has 0 aliphatic heterocycles. The van der Waals surface area contributed by atoms with E-state index in [2.05, 4.69) is 4.72 Å². The number of rotatable bonds is 5. The molecule has 0 spiro atoms. The Balaban J connectivity index is 1.91. The molecule has 1 heterocycles. The second-order valence-corrected chi connectivity index (χ2v) is 8.63. The maximum absolute atomic E-state index is 12.9. The molecule has 6 nitrogen and oxygen atoms in total. The van der Waals surface area contributed by atoms with E-state index in [9.17, 15) is 21.2 Å². The average Bonchev–Trinajstić information content (AvgIpc) is 3.09. The van der Waals surface area contributed by atoms with Crippen molar-refractivity contribution < 1.29 is 21.2 Å². The molecule has 0 fully saturated rings. The third-order valence-corrected chi connectivity index (χ3v) is 6.38. The van der Waals surface area contributed by atoms with Gasteiger partial charge in [0.1, 0.15) is 10.7 Å². The lowest BCUT2D eigenvalue weighted by Gasteiger charge is -2.07. The zero-order chi connectivity index (χ0) is 18.1. The molecule has 0 atom stereocenters. The van der Waals surface area contributed by atoms with E-state index in [0.717, 1.165) is 28.5 Å². The van der Waals surface area contributed by atoms with Gasteiger partial charge in [0.15, 0.2) is 0 Å². The number of aromatic nitrogens is 1. The summed E-state index contributed by atoms with van der Waals surface area (Å²) >= 11 is 0. The van der Waals surface area contributed by atoms with Crippen LogP contribution in [0.25, 0.3) is 0 Å². The maximum atomic E-state index is 12.9. The molecule has 3 aromatic rings. The van der Waals surface area contributed by atoms with Crippen LogP contribution < -0.4 is 4.72 Å². The van der Waals surface area contributed by atoms with Crippen molar-refractivity contribution >= 4 is 25.7 Å². The number of hydrogen-bond acceptors (Lipinski definition) is 4. The first-order valence-corrected chi connectivity index (χ1v) is 9.98. The highest BCUT2D eigenvalue weighted by Crippen LogP contribution is 2.20. The molecule has 2 aromatic carbocycles. The molecule has 3 rings (SSSR count). The van der Waals surface area contributed by atoms with E-state index in [1.165, 1.54) is 30.3 Å². The molecule has 0 unspecified atom stereocenters. The standard InChI is InChI=1S/C16H13FN2O4S2/c17-13-6-8-14(9-7-13)18-24(20,21)16-10-11-19(12-16)25(22,23)15-4-2-1-3-5-15/h1-12,18H. The van der Waals surface area contributed by atoms with Crippen LogP contribution in [0.4, 0.5) is 10.1 Å². The van der Waals surface area contributed by atoms with Crippen LogP contribution in [0.5, 0.6) is 0 Å². The van der Waals surface area contributed by atoms with Gasteiger partial charge in [0.05, 0.1) is 4.90 Å². The fraction of sp³-hybridized carbons (Fsp3) is 0. The van der Waals surface area contributed by atoms with Crippen LogP contribution in [0.15, 0.2) is 82.8 Å². The summed E-state index contributed by atoms with van der Waals surface area (Å²) < 4.78 is 65.6. The summed E-state index contributed by atoms with van der Waals surface area (Å²) in [5.41, 5.74) is 0.167. The van der Waals surface area contributed by atoms with Gasteiger partial charge in [-0.25, -0.2) is 25.2 Å². The van der Waals surface area contributed by atoms with Crippen LogP contribution >= 0.6 is 0 Å². The Morgan fingerprint density at radius 2 is 1.44 bits per heavy atom. The van der Waals surface area contributed by atoms with E-state index < -0.39 is 25.9 Å². The summed E-state index contributed by atoms with van der Waals surface area (Å²) in [5, 5.41) is 0. The first-order valence-electron chi connectivity index (χ1n) is 7.06. The molecule has 0 radical (unpaired) electrons. The molecule has 0 saturated heterocycles. The first-order chi connectivity index (χ1) is 11.8. The quantitative estimate of drug-likeness (QED) is 0.737. The highest BCUT2D eigenvalue weighted by molar-refractivity contribution is 7.93. The van der Waals surface area contributed by atoms with Crippen molar-refractivity contribution in [3.8, 4) is 0 Å². The van der Waals surface area contributed by atoms with Crippen molar-refractivity contribution in [1.82, 2.24) is 3.97 Å². The van der Waals surface area contributed by atoms with Crippen LogP contribution in [-0.2, 0) is 20.0 Å². The smallest absolute Gasteiger partial charge is 0.267 e. The Hall–Kier alpha value is -2.65. The largest absolute Gasteiger partial charge is 0.280 e. The van der Waals surface area contributed by atoms with Gasteiger partial charge in [0.2, 0.25) is 0 Å². The van der Waals surface area contributed by atoms with E-state index in [0.29, 0.717) is 0 Å². The Labute approximate surface area is 144 Å². The molecule has 25 heavy (non-hydrogen) atoms. The molecule has 130 valence electrons. The van der Waals surface area contributed by atoms with Crippen molar-refractivity contribution in [1.29, 1.82) is 0 Å². The summed E-state index contributed by atoms with van der Waals surface area (Å²) in [6, 6.07) is 13.6. The predicted octanol–water partition coefficient (Wildman–Crippen LogP) is 2.67. The lowest BCUT2D eigenvalue weighted by molar-refractivity contribution is 0.587. The first kappa shape index (κ1) is 17.2. The molecule has 0 aliphatic carbocycles. The van der Waals surface area contributed by atoms with Crippen LogP contribution in [0.2, 0.25) is 0 Å². The third kappa shape index (κ3) is 3.57. The number of anilines is 1. The van der Waals surface area contributed by atoms with Gasteiger partial charge in [-0.2, -0.15) is 0 Å². The highest BCUT2D eigenvalue weighted by atomic mass is 32.2. The van der Waals surface area contributed by atoms with Gasteiger partial charge in [0, 0.05) is 18.1 Å². The van der Waals surface area contributed by atoms with E-state index in [1.807, 2.05) is 0 Å². The number of nitrogens with one attached hydrogen (secondary N) is 1. The lowest BCUT2D eigenvalue weighted by Crippen LogP contribution is -2.14. The number of halogens is 1. The van der Waals surface area contributed by atoms with Gasteiger partial charge in [-0.15, -0.1) is 0 Å². The van der Waals surface area contributed by atoms with E-state index >= 15 is 0 Å². The van der Waals surface area contributed by atoms with Gasteiger partial charge in [-0.3, -0.25) is 4.72 Å². The minimum Gasteiger partial charge on any atom is -0.280 e. The fourth-order valence-electron chi connectivity index (χ4n) is 2.11. The summed E-state index contributed by atoms with van der Waals surface area (Å²) in [4.78, 5) is -0.183. The maximum Gasteiger partial charge on any atom is 0.267 e. The molecular weight excluding hydrogens is 367 g/mol. The highest BCUT2D eigenvalue weighted by Gasteiger charge is 2.21. The second-order valence-electron chi connectivity index (χ2n) is 5.11. The van der Waals surface area contributed by atoms with Gasteiger partial charge in [-0.05, 0) is 42.5 Å². The summed E-state index contributed by atoms with van der Waals surface area (Å²) in [7, 11) is -7.89. The van der Waals surface area contributed by atoms with Crippen molar-refractivity contribution in [3.05, 3.63) is 78.9 Å². The molecule has 9 heteroatoms. The minimum atomic E-state index is -4.01. The van der Waals surface area contributed by atoms with Gasteiger partial charge >= 0.3 is 0 Å². The molecule has 1 N–H and O–H groups in total.